The van der Waals surface area contributed by atoms with Crippen molar-refractivity contribution in [2.24, 2.45) is 0 Å². The second kappa shape index (κ2) is 7.27. The molecule has 2 aliphatic rings. The number of anilines is 1. The summed E-state index contributed by atoms with van der Waals surface area (Å²) in [6, 6.07) is 6.43. The molecule has 0 aliphatic carbocycles. The molecule has 0 bridgehead atoms. The van der Waals surface area contributed by atoms with E-state index in [1.807, 2.05) is 18.3 Å². The largest absolute Gasteiger partial charge is 0.370 e. The zero-order valence-electron chi connectivity index (χ0n) is 13.9. The monoisotopic (exact) mass is 319 g/mol. The number of hydrogen-bond donors (Lipinski definition) is 0. The van der Waals surface area contributed by atoms with E-state index < -0.39 is 0 Å². The van der Waals surface area contributed by atoms with Crippen LogP contribution in [-0.2, 0) is 14.3 Å². The second-order valence-electron chi connectivity index (χ2n) is 6.41. The molecule has 0 aromatic carbocycles. The van der Waals surface area contributed by atoms with Crippen LogP contribution >= 0.6 is 0 Å². The molecule has 1 aromatic heterocycles. The highest BCUT2D eigenvalue weighted by Crippen LogP contribution is 2.33. The lowest BCUT2D eigenvalue weighted by Crippen LogP contribution is -2.44. The molecule has 3 atom stereocenters. The summed E-state index contributed by atoms with van der Waals surface area (Å²) in [5.41, 5.74) is 0. The molecule has 23 heavy (non-hydrogen) atoms. The SMILES string of the molecule is CN(C)C(=O)COC[C@@H]1CC[C@@H]2[C@@H](CCN2c2ccccn2)O1. The Balaban J connectivity index is 1.48. The average Bonchev–Trinajstić information content (AvgIpc) is 2.98. The molecule has 6 heteroatoms. The maximum absolute atomic E-state index is 11.5. The molecule has 1 amide bonds. The quantitative estimate of drug-likeness (QED) is 0.819. The Labute approximate surface area is 137 Å². The van der Waals surface area contributed by atoms with Crippen LogP contribution in [0.2, 0.25) is 0 Å². The molecule has 0 spiro atoms. The lowest BCUT2D eigenvalue weighted by Gasteiger charge is -2.36. The molecular weight excluding hydrogens is 294 g/mol. The van der Waals surface area contributed by atoms with Crippen LogP contribution in [0.3, 0.4) is 0 Å². The Morgan fingerprint density at radius 2 is 2.26 bits per heavy atom. The van der Waals surface area contributed by atoms with Gasteiger partial charge < -0.3 is 19.3 Å². The van der Waals surface area contributed by atoms with Gasteiger partial charge in [-0.1, -0.05) is 6.07 Å². The van der Waals surface area contributed by atoms with Crippen molar-refractivity contribution in [3.8, 4) is 0 Å². The molecule has 6 nitrogen and oxygen atoms in total. The Morgan fingerprint density at radius 1 is 1.39 bits per heavy atom. The maximum Gasteiger partial charge on any atom is 0.248 e. The van der Waals surface area contributed by atoms with E-state index in [2.05, 4.69) is 16.0 Å². The van der Waals surface area contributed by atoms with E-state index in [-0.39, 0.29) is 24.7 Å². The van der Waals surface area contributed by atoms with Gasteiger partial charge in [0.2, 0.25) is 5.91 Å². The van der Waals surface area contributed by atoms with Crippen molar-refractivity contribution in [2.45, 2.75) is 37.5 Å². The highest BCUT2D eigenvalue weighted by Gasteiger charge is 2.40. The molecule has 0 N–H and O–H groups in total. The standard InChI is InChI=1S/C17H25N3O3/c1-19(2)17(21)12-22-11-13-6-7-14-15(23-13)8-10-20(14)16-5-3-4-9-18-16/h3-5,9,13-15H,6-8,10-12H2,1-2H3/t13-,14+,15+/m0/s1. The van der Waals surface area contributed by atoms with Crippen molar-refractivity contribution in [1.29, 1.82) is 0 Å². The molecule has 0 radical (unpaired) electrons. The first-order valence-electron chi connectivity index (χ1n) is 8.26. The summed E-state index contributed by atoms with van der Waals surface area (Å²) in [4.78, 5) is 19.9. The number of aromatic nitrogens is 1. The van der Waals surface area contributed by atoms with Gasteiger partial charge >= 0.3 is 0 Å². The van der Waals surface area contributed by atoms with E-state index in [1.165, 1.54) is 0 Å². The van der Waals surface area contributed by atoms with Crippen LogP contribution in [-0.4, -0.2) is 67.9 Å². The molecule has 3 rings (SSSR count). The average molecular weight is 319 g/mol. The van der Waals surface area contributed by atoms with Gasteiger partial charge in [-0.2, -0.15) is 0 Å². The molecule has 2 fully saturated rings. The van der Waals surface area contributed by atoms with Crippen molar-refractivity contribution in [2.75, 3.05) is 38.8 Å². The Bertz CT molecular complexity index is 523. The van der Waals surface area contributed by atoms with Gasteiger partial charge in [-0.05, 0) is 31.4 Å². The number of likely N-dealkylation sites (N-methyl/N-ethyl adjacent to an activating group) is 1. The second-order valence-corrected chi connectivity index (χ2v) is 6.41. The van der Waals surface area contributed by atoms with E-state index in [0.29, 0.717) is 12.6 Å². The van der Waals surface area contributed by atoms with Crippen LogP contribution in [0, 0.1) is 0 Å². The number of ether oxygens (including phenoxy) is 2. The number of fused-ring (bicyclic) bond motifs is 1. The summed E-state index contributed by atoms with van der Waals surface area (Å²) < 4.78 is 11.7. The first-order valence-corrected chi connectivity index (χ1v) is 8.26. The molecule has 2 saturated heterocycles. The van der Waals surface area contributed by atoms with E-state index in [0.717, 1.165) is 31.6 Å². The van der Waals surface area contributed by atoms with Crippen LogP contribution < -0.4 is 4.90 Å². The summed E-state index contributed by atoms with van der Waals surface area (Å²) in [6.45, 7) is 1.60. The smallest absolute Gasteiger partial charge is 0.248 e. The van der Waals surface area contributed by atoms with Crippen LogP contribution in [0.1, 0.15) is 19.3 Å². The first-order chi connectivity index (χ1) is 11.1. The van der Waals surface area contributed by atoms with Gasteiger partial charge in [0, 0.05) is 26.8 Å². The third-order valence-electron chi connectivity index (χ3n) is 4.61. The first kappa shape index (κ1) is 16.2. The molecule has 0 saturated carbocycles. The molecular formula is C17H25N3O3. The zero-order chi connectivity index (χ0) is 16.2. The minimum Gasteiger partial charge on any atom is -0.370 e. The van der Waals surface area contributed by atoms with Gasteiger partial charge in [0.1, 0.15) is 12.4 Å². The summed E-state index contributed by atoms with van der Waals surface area (Å²) in [6.07, 6.45) is 5.23. The van der Waals surface area contributed by atoms with E-state index >= 15 is 0 Å². The number of nitrogens with zero attached hydrogens (tertiary/aromatic N) is 3. The molecule has 3 heterocycles. The highest BCUT2D eigenvalue weighted by molar-refractivity contribution is 5.76. The Kier molecular flexibility index (Phi) is 5.13. The van der Waals surface area contributed by atoms with E-state index in [4.69, 9.17) is 9.47 Å². The van der Waals surface area contributed by atoms with Crippen molar-refractivity contribution in [3.05, 3.63) is 24.4 Å². The highest BCUT2D eigenvalue weighted by atomic mass is 16.5. The zero-order valence-corrected chi connectivity index (χ0v) is 13.9. The number of rotatable bonds is 5. The van der Waals surface area contributed by atoms with Crippen LogP contribution in [0.5, 0.6) is 0 Å². The summed E-state index contributed by atoms with van der Waals surface area (Å²) in [5.74, 6) is 1.02. The molecule has 1 aromatic rings. The molecule has 0 unspecified atom stereocenters. The minimum absolute atomic E-state index is 0.0131. The van der Waals surface area contributed by atoms with Gasteiger partial charge in [-0.15, -0.1) is 0 Å². The number of amides is 1. The predicted octanol–water partition coefficient (Wildman–Crippen LogP) is 1.31. The topological polar surface area (TPSA) is 54.9 Å². The normalized spacial score (nSPS) is 26.9. The Hall–Kier alpha value is -1.66. The predicted molar refractivity (Wildman–Crippen MR) is 87.4 cm³/mol. The lowest BCUT2D eigenvalue weighted by molar-refractivity contribution is -0.137. The van der Waals surface area contributed by atoms with Gasteiger partial charge in [0.15, 0.2) is 0 Å². The number of pyridine rings is 1. The summed E-state index contributed by atoms with van der Waals surface area (Å²) in [7, 11) is 3.47. The minimum atomic E-state index is -0.0131. The fourth-order valence-corrected chi connectivity index (χ4v) is 3.34. The molecule has 126 valence electrons. The van der Waals surface area contributed by atoms with E-state index in [9.17, 15) is 4.79 Å². The van der Waals surface area contributed by atoms with Crippen LogP contribution in [0.25, 0.3) is 0 Å². The third-order valence-corrected chi connectivity index (χ3v) is 4.61. The van der Waals surface area contributed by atoms with Crippen molar-refractivity contribution in [1.82, 2.24) is 9.88 Å². The van der Waals surface area contributed by atoms with Gasteiger partial charge in [-0.25, -0.2) is 4.98 Å². The maximum atomic E-state index is 11.5. The lowest BCUT2D eigenvalue weighted by atomic mass is 9.99. The van der Waals surface area contributed by atoms with Gasteiger partial charge in [0.25, 0.3) is 0 Å². The van der Waals surface area contributed by atoms with Crippen LogP contribution in [0.15, 0.2) is 24.4 Å². The fourth-order valence-electron chi connectivity index (χ4n) is 3.34. The summed E-state index contributed by atoms with van der Waals surface area (Å²) in [5, 5.41) is 0. The third kappa shape index (κ3) is 3.82. The number of hydrogen-bond acceptors (Lipinski definition) is 5. The van der Waals surface area contributed by atoms with Crippen molar-refractivity contribution >= 4 is 11.7 Å². The van der Waals surface area contributed by atoms with Crippen molar-refractivity contribution in [3.63, 3.8) is 0 Å². The molecule has 2 aliphatic heterocycles. The number of carbonyl (C=O) groups excluding carboxylic acids is 1. The van der Waals surface area contributed by atoms with Gasteiger partial charge in [0.05, 0.1) is 24.9 Å². The van der Waals surface area contributed by atoms with Gasteiger partial charge in [-0.3, -0.25) is 4.79 Å². The van der Waals surface area contributed by atoms with E-state index in [1.54, 1.807) is 19.0 Å². The van der Waals surface area contributed by atoms with Crippen molar-refractivity contribution < 1.29 is 14.3 Å². The van der Waals surface area contributed by atoms with Crippen LogP contribution in [0.4, 0.5) is 5.82 Å². The fraction of sp³-hybridized carbons (Fsp3) is 0.647. The Morgan fingerprint density at radius 3 is 3.00 bits per heavy atom. The number of carbonyl (C=O) groups is 1. The summed E-state index contributed by atoms with van der Waals surface area (Å²) >= 11 is 0.